The summed E-state index contributed by atoms with van der Waals surface area (Å²) < 4.78 is 22.0. The normalized spacial score (nSPS) is 13.9. The second-order valence-electron chi connectivity index (χ2n) is 3.10. The lowest BCUT2D eigenvalue weighted by atomic mass is 10.1. The molecule has 1 rings (SSSR count). The average molecular weight is 235 g/mol. The van der Waals surface area contributed by atoms with Gasteiger partial charge in [0.15, 0.2) is 0 Å². The Balaban J connectivity index is 2.90. The number of aromatic nitrogens is 1. The van der Waals surface area contributed by atoms with Crippen molar-refractivity contribution in [1.82, 2.24) is 4.98 Å². The van der Waals surface area contributed by atoms with Crippen LogP contribution in [0.25, 0.3) is 0 Å². The molecule has 0 aliphatic carbocycles. The Kier molecular flexibility index (Phi) is 3.47. The van der Waals surface area contributed by atoms with Gasteiger partial charge in [0.25, 0.3) is 0 Å². The lowest BCUT2D eigenvalue weighted by Gasteiger charge is -2.11. The van der Waals surface area contributed by atoms with Crippen LogP contribution < -0.4 is 5.73 Å². The zero-order chi connectivity index (χ0) is 10.8. The molecule has 0 aliphatic rings. The second kappa shape index (κ2) is 4.25. The molecular formula is C8H11ClN2O2S. The fourth-order valence-electron chi connectivity index (χ4n) is 1.10. The van der Waals surface area contributed by atoms with E-state index in [1.807, 2.05) is 0 Å². The zero-order valence-corrected chi connectivity index (χ0v) is 9.22. The Bertz CT molecular complexity index is 419. The van der Waals surface area contributed by atoms with Gasteiger partial charge in [-0.3, -0.25) is 4.98 Å². The van der Waals surface area contributed by atoms with Crippen molar-refractivity contribution in [3.8, 4) is 0 Å². The lowest BCUT2D eigenvalue weighted by molar-refractivity contribution is 0.594. The third kappa shape index (κ3) is 3.25. The molecule has 14 heavy (non-hydrogen) atoms. The fourth-order valence-corrected chi connectivity index (χ4v) is 2.19. The SMILES string of the molecule is CS(=O)(=O)CC(N)c1ccncc1Cl. The number of hydrogen-bond donors (Lipinski definition) is 1. The van der Waals surface area contributed by atoms with Gasteiger partial charge in [-0.1, -0.05) is 11.6 Å². The molecule has 0 spiro atoms. The van der Waals surface area contributed by atoms with E-state index in [-0.39, 0.29) is 5.75 Å². The molecule has 6 heteroatoms. The monoisotopic (exact) mass is 234 g/mol. The number of pyridine rings is 1. The zero-order valence-electron chi connectivity index (χ0n) is 7.64. The minimum Gasteiger partial charge on any atom is -0.323 e. The van der Waals surface area contributed by atoms with Gasteiger partial charge in [-0.15, -0.1) is 0 Å². The van der Waals surface area contributed by atoms with Crippen molar-refractivity contribution < 1.29 is 8.42 Å². The number of hydrogen-bond acceptors (Lipinski definition) is 4. The Morgan fingerprint density at radius 2 is 2.29 bits per heavy atom. The highest BCUT2D eigenvalue weighted by Gasteiger charge is 2.15. The van der Waals surface area contributed by atoms with E-state index in [0.29, 0.717) is 10.6 Å². The molecule has 0 amide bonds. The summed E-state index contributed by atoms with van der Waals surface area (Å²) in [6.45, 7) is 0. The molecule has 1 atom stereocenters. The number of nitrogens with two attached hydrogens (primary N) is 1. The van der Waals surface area contributed by atoms with Crippen molar-refractivity contribution in [3.05, 3.63) is 29.0 Å². The average Bonchev–Trinajstić information content (AvgIpc) is 2.01. The van der Waals surface area contributed by atoms with Crippen LogP contribution in [0.5, 0.6) is 0 Å². The van der Waals surface area contributed by atoms with E-state index in [2.05, 4.69) is 4.98 Å². The van der Waals surface area contributed by atoms with E-state index in [1.165, 1.54) is 12.4 Å². The lowest BCUT2D eigenvalue weighted by Crippen LogP contribution is -2.21. The molecule has 4 nitrogen and oxygen atoms in total. The first-order chi connectivity index (χ1) is 6.40. The molecule has 1 aromatic heterocycles. The van der Waals surface area contributed by atoms with Crippen LogP contribution in [-0.2, 0) is 9.84 Å². The molecule has 2 N–H and O–H groups in total. The van der Waals surface area contributed by atoms with Gasteiger partial charge >= 0.3 is 0 Å². The third-order valence-electron chi connectivity index (χ3n) is 1.69. The maximum atomic E-state index is 11.0. The first kappa shape index (κ1) is 11.4. The van der Waals surface area contributed by atoms with Crippen LogP contribution >= 0.6 is 11.6 Å². The van der Waals surface area contributed by atoms with Crippen molar-refractivity contribution in [1.29, 1.82) is 0 Å². The highest BCUT2D eigenvalue weighted by molar-refractivity contribution is 7.90. The minimum absolute atomic E-state index is 0.114. The van der Waals surface area contributed by atoms with Gasteiger partial charge in [0.05, 0.1) is 10.8 Å². The number of rotatable bonds is 3. The molecule has 0 saturated heterocycles. The Morgan fingerprint density at radius 3 is 2.79 bits per heavy atom. The van der Waals surface area contributed by atoms with Gasteiger partial charge < -0.3 is 5.73 Å². The van der Waals surface area contributed by atoms with Crippen LogP contribution in [0.2, 0.25) is 5.02 Å². The number of nitrogens with zero attached hydrogens (tertiary/aromatic N) is 1. The molecule has 0 aliphatic heterocycles. The highest BCUT2D eigenvalue weighted by atomic mass is 35.5. The topological polar surface area (TPSA) is 73.0 Å². The van der Waals surface area contributed by atoms with Crippen molar-refractivity contribution in [3.63, 3.8) is 0 Å². The summed E-state index contributed by atoms with van der Waals surface area (Å²) in [4.78, 5) is 3.79. The number of halogens is 1. The predicted octanol–water partition coefficient (Wildman–Crippen LogP) is 0.779. The van der Waals surface area contributed by atoms with Gasteiger partial charge in [0.2, 0.25) is 0 Å². The van der Waals surface area contributed by atoms with Gasteiger partial charge in [0, 0.05) is 24.7 Å². The molecule has 1 unspecified atom stereocenters. The van der Waals surface area contributed by atoms with Gasteiger partial charge in [-0.2, -0.15) is 0 Å². The number of sulfone groups is 1. The van der Waals surface area contributed by atoms with Crippen LogP contribution in [0.1, 0.15) is 11.6 Å². The third-order valence-corrected chi connectivity index (χ3v) is 2.97. The van der Waals surface area contributed by atoms with E-state index in [1.54, 1.807) is 6.07 Å². The molecule has 0 aromatic carbocycles. The Labute approximate surface area is 88.0 Å². The summed E-state index contributed by atoms with van der Waals surface area (Å²) in [5, 5.41) is 0.392. The summed E-state index contributed by atoms with van der Waals surface area (Å²) in [6.07, 6.45) is 4.12. The Morgan fingerprint density at radius 1 is 1.64 bits per heavy atom. The Hall–Kier alpha value is -0.650. The summed E-state index contributed by atoms with van der Waals surface area (Å²) in [7, 11) is -3.09. The van der Waals surface area contributed by atoms with Crippen molar-refractivity contribution in [2.45, 2.75) is 6.04 Å². The van der Waals surface area contributed by atoms with Crippen LogP contribution in [0, 0.1) is 0 Å². The molecule has 0 saturated carbocycles. The fraction of sp³-hybridized carbons (Fsp3) is 0.375. The van der Waals surface area contributed by atoms with E-state index in [0.717, 1.165) is 6.26 Å². The first-order valence-electron chi connectivity index (χ1n) is 3.93. The van der Waals surface area contributed by atoms with Crippen molar-refractivity contribution >= 4 is 21.4 Å². The summed E-state index contributed by atoms with van der Waals surface area (Å²) in [5.74, 6) is -0.114. The molecule has 78 valence electrons. The molecule has 0 bridgehead atoms. The van der Waals surface area contributed by atoms with Gasteiger partial charge in [0.1, 0.15) is 9.84 Å². The molecule has 0 radical (unpaired) electrons. The van der Waals surface area contributed by atoms with Crippen LogP contribution in [-0.4, -0.2) is 25.4 Å². The standard InChI is InChI=1S/C8H11ClN2O2S/c1-14(12,13)5-8(10)6-2-3-11-4-7(6)9/h2-4,8H,5,10H2,1H3. The van der Waals surface area contributed by atoms with Crippen molar-refractivity contribution in [2.24, 2.45) is 5.73 Å². The van der Waals surface area contributed by atoms with Crippen molar-refractivity contribution in [2.75, 3.05) is 12.0 Å². The second-order valence-corrected chi connectivity index (χ2v) is 5.69. The van der Waals surface area contributed by atoms with E-state index in [9.17, 15) is 8.42 Å². The van der Waals surface area contributed by atoms with Crippen LogP contribution in [0.4, 0.5) is 0 Å². The summed E-state index contributed by atoms with van der Waals surface area (Å²) in [6, 6.07) is 1.03. The van der Waals surface area contributed by atoms with Crippen LogP contribution in [0.3, 0.4) is 0 Å². The molecule has 1 heterocycles. The highest BCUT2D eigenvalue weighted by Crippen LogP contribution is 2.20. The molecule has 1 aromatic rings. The maximum absolute atomic E-state index is 11.0. The first-order valence-corrected chi connectivity index (χ1v) is 6.37. The maximum Gasteiger partial charge on any atom is 0.149 e. The summed E-state index contributed by atoms with van der Waals surface area (Å²) in [5.41, 5.74) is 6.29. The quantitative estimate of drug-likeness (QED) is 0.839. The van der Waals surface area contributed by atoms with E-state index in [4.69, 9.17) is 17.3 Å². The van der Waals surface area contributed by atoms with E-state index < -0.39 is 15.9 Å². The van der Waals surface area contributed by atoms with Gasteiger partial charge in [-0.05, 0) is 11.6 Å². The van der Waals surface area contributed by atoms with Gasteiger partial charge in [-0.25, -0.2) is 8.42 Å². The molecular weight excluding hydrogens is 224 g/mol. The molecule has 0 fully saturated rings. The van der Waals surface area contributed by atoms with Crippen LogP contribution in [0.15, 0.2) is 18.5 Å². The predicted molar refractivity (Wildman–Crippen MR) is 55.9 cm³/mol. The summed E-state index contributed by atoms with van der Waals surface area (Å²) >= 11 is 5.81. The smallest absolute Gasteiger partial charge is 0.149 e. The minimum atomic E-state index is -3.09. The van der Waals surface area contributed by atoms with E-state index >= 15 is 0 Å². The largest absolute Gasteiger partial charge is 0.323 e.